The molecule has 3 rings (SSSR count). The third-order valence-electron chi connectivity index (χ3n) is 3.33. The largest absolute Gasteiger partial charge is 0.489 e. The van der Waals surface area contributed by atoms with E-state index in [0.717, 1.165) is 16.7 Å². The van der Waals surface area contributed by atoms with Crippen LogP contribution in [0.2, 0.25) is 0 Å². The van der Waals surface area contributed by atoms with Crippen LogP contribution in [0.15, 0.2) is 53.7 Å². The molecule has 0 saturated carbocycles. The molecule has 0 fully saturated rings. The minimum absolute atomic E-state index is 0.205. The molecule has 2 aromatic rings. The van der Waals surface area contributed by atoms with Crippen LogP contribution in [0, 0.1) is 4.91 Å². The van der Waals surface area contributed by atoms with E-state index in [9.17, 15) is 9.70 Å². The van der Waals surface area contributed by atoms with Gasteiger partial charge in [-0.2, -0.15) is 0 Å². The van der Waals surface area contributed by atoms with Gasteiger partial charge in [0.1, 0.15) is 18.0 Å². The Morgan fingerprint density at radius 3 is 2.57 bits per heavy atom. The summed E-state index contributed by atoms with van der Waals surface area (Å²) in [5, 5.41) is 12.0. The maximum atomic E-state index is 11.1. The van der Waals surface area contributed by atoms with Crippen molar-refractivity contribution in [2.75, 3.05) is 6.61 Å². The lowest BCUT2D eigenvalue weighted by molar-refractivity contribution is 0.0697. The summed E-state index contributed by atoms with van der Waals surface area (Å²) < 4.78 is 5.52. The van der Waals surface area contributed by atoms with E-state index in [0.29, 0.717) is 18.0 Å². The molecular formula is C16H11NO4. The quantitative estimate of drug-likeness (QED) is 0.872. The predicted molar refractivity (Wildman–Crippen MR) is 77.9 cm³/mol. The SMILES string of the molecule is O=Nc1ccc(C2=CCOc3ccc(C(=O)O)cc32)cc1. The molecule has 0 atom stereocenters. The van der Waals surface area contributed by atoms with E-state index in [2.05, 4.69) is 5.18 Å². The molecule has 1 aliphatic rings. The van der Waals surface area contributed by atoms with Gasteiger partial charge in [0.2, 0.25) is 0 Å². The number of nitrogens with zero attached hydrogens (tertiary/aromatic N) is 1. The normalized spacial score (nSPS) is 12.9. The van der Waals surface area contributed by atoms with Gasteiger partial charge < -0.3 is 9.84 Å². The number of fused-ring (bicyclic) bond motifs is 1. The summed E-state index contributed by atoms with van der Waals surface area (Å²) in [6.07, 6.45) is 1.89. The Kier molecular flexibility index (Phi) is 3.23. The number of carboxylic acid groups (broad SMARTS) is 1. The first-order chi connectivity index (χ1) is 10.2. The van der Waals surface area contributed by atoms with Crippen molar-refractivity contribution in [1.29, 1.82) is 0 Å². The molecule has 0 aliphatic carbocycles. The van der Waals surface area contributed by atoms with Gasteiger partial charge in [-0.25, -0.2) is 4.79 Å². The van der Waals surface area contributed by atoms with Gasteiger partial charge in [-0.3, -0.25) is 0 Å². The van der Waals surface area contributed by atoms with E-state index in [1.54, 1.807) is 36.4 Å². The van der Waals surface area contributed by atoms with Crippen molar-refractivity contribution < 1.29 is 14.6 Å². The summed E-state index contributed by atoms with van der Waals surface area (Å²) in [7, 11) is 0. The number of aromatic carboxylic acids is 1. The zero-order valence-electron chi connectivity index (χ0n) is 10.9. The summed E-state index contributed by atoms with van der Waals surface area (Å²) in [6, 6.07) is 11.6. The fourth-order valence-electron chi connectivity index (χ4n) is 2.30. The van der Waals surface area contributed by atoms with E-state index in [1.807, 2.05) is 6.08 Å². The van der Waals surface area contributed by atoms with Crippen LogP contribution in [0.1, 0.15) is 21.5 Å². The van der Waals surface area contributed by atoms with Crippen LogP contribution in [0.3, 0.4) is 0 Å². The number of carbonyl (C=O) groups is 1. The summed E-state index contributed by atoms with van der Waals surface area (Å²) in [6.45, 7) is 0.419. The summed E-state index contributed by atoms with van der Waals surface area (Å²) >= 11 is 0. The zero-order chi connectivity index (χ0) is 14.8. The third-order valence-corrected chi connectivity index (χ3v) is 3.33. The predicted octanol–water partition coefficient (Wildman–Crippen LogP) is 3.61. The summed E-state index contributed by atoms with van der Waals surface area (Å²) in [5.74, 6) is -0.335. The number of hydrogen-bond donors (Lipinski definition) is 1. The number of benzene rings is 2. The molecule has 5 heteroatoms. The molecule has 1 heterocycles. The third kappa shape index (κ3) is 2.41. The Labute approximate surface area is 120 Å². The first-order valence-electron chi connectivity index (χ1n) is 6.33. The van der Waals surface area contributed by atoms with Crippen molar-refractivity contribution in [3.63, 3.8) is 0 Å². The smallest absolute Gasteiger partial charge is 0.335 e. The molecular weight excluding hydrogens is 270 g/mol. The number of rotatable bonds is 3. The first-order valence-corrected chi connectivity index (χ1v) is 6.33. The summed E-state index contributed by atoms with van der Waals surface area (Å²) in [4.78, 5) is 21.6. The summed E-state index contributed by atoms with van der Waals surface area (Å²) in [5.41, 5.74) is 3.06. The second-order valence-corrected chi connectivity index (χ2v) is 4.58. The number of hydrogen-bond acceptors (Lipinski definition) is 4. The highest BCUT2D eigenvalue weighted by atomic mass is 16.5. The molecule has 0 radical (unpaired) electrons. The topological polar surface area (TPSA) is 76.0 Å². The second-order valence-electron chi connectivity index (χ2n) is 4.58. The van der Waals surface area contributed by atoms with Gasteiger partial charge in [0.05, 0.1) is 5.56 Å². The first kappa shape index (κ1) is 13.1. The minimum atomic E-state index is -0.983. The molecule has 1 aliphatic heterocycles. The van der Waals surface area contributed by atoms with E-state index < -0.39 is 5.97 Å². The Hall–Kier alpha value is -2.95. The standard InChI is InChI=1S/C16H11NO4/c18-16(19)11-3-6-15-14(9-11)13(7-8-21-15)10-1-4-12(17-20)5-2-10/h1-7,9H,8H2,(H,18,19). The van der Waals surface area contributed by atoms with Crippen molar-refractivity contribution >= 4 is 17.2 Å². The van der Waals surface area contributed by atoms with Gasteiger partial charge in [0.25, 0.3) is 0 Å². The number of carboxylic acids is 1. The Balaban J connectivity index is 2.08. The van der Waals surface area contributed by atoms with Gasteiger partial charge in [-0.05, 0) is 52.7 Å². The van der Waals surface area contributed by atoms with Crippen molar-refractivity contribution in [2.45, 2.75) is 0 Å². The monoisotopic (exact) mass is 281 g/mol. The molecule has 1 N–H and O–H groups in total. The molecule has 0 unspecified atom stereocenters. The van der Waals surface area contributed by atoms with Crippen molar-refractivity contribution in [2.24, 2.45) is 5.18 Å². The number of nitroso groups, excluding NO2 is 1. The lowest BCUT2D eigenvalue weighted by Crippen LogP contribution is -2.07. The van der Waals surface area contributed by atoms with Crippen molar-refractivity contribution in [1.82, 2.24) is 0 Å². The second kappa shape index (κ2) is 5.20. The number of ether oxygens (including phenoxy) is 1. The van der Waals surface area contributed by atoms with Crippen LogP contribution in [0.5, 0.6) is 5.75 Å². The van der Waals surface area contributed by atoms with Gasteiger partial charge in [-0.1, -0.05) is 12.1 Å². The van der Waals surface area contributed by atoms with Crippen LogP contribution in [-0.4, -0.2) is 17.7 Å². The van der Waals surface area contributed by atoms with Crippen molar-refractivity contribution in [3.05, 3.63) is 70.1 Å². The molecule has 21 heavy (non-hydrogen) atoms. The average molecular weight is 281 g/mol. The highest BCUT2D eigenvalue weighted by molar-refractivity contribution is 5.92. The highest BCUT2D eigenvalue weighted by Gasteiger charge is 2.17. The van der Waals surface area contributed by atoms with Crippen LogP contribution >= 0.6 is 0 Å². The van der Waals surface area contributed by atoms with Crippen LogP contribution in [0.25, 0.3) is 5.57 Å². The molecule has 2 aromatic carbocycles. The Bertz CT molecular complexity index is 747. The lowest BCUT2D eigenvalue weighted by atomic mass is 9.94. The van der Waals surface area contributed by atoms with Crippen molar-refractivity contribution in [3.8, 4) is 5.75 Å². The van der Waals surface area contributed by atoms with E-state index in [1.165, 1.54) is 6.07 Å². The van der Waals surface area contributed by atoms with Gasteiger partial charge >= 0.3 is 5.97 Å². The van der Waals surface area contributed by atoms with E-state index in [4.69, 9.17) is 9.84 Å². The van der Waals surface area contributed by atoms with Crippen LogP contribution in [0.4, 0.5) is 5.69 Å². The highest BCUT2D eigenvalue weighted by Crippen LogP contribution is 2.35. The van der Waals surface area contributed by atoms with Crippen LogP contribution in [-0.2, 0) is 0 Å². The zero-order valence-corrected chi connectivity index (χ0v) is 10.9. The average Bonchev–Trinajstić information content (AvgIpc) is 2.54. The maximum Gasteiger partial charge on any atom is 0.335 e. The molecule has 0 amide bonds. The van der Waals surface area contributed by atoms with E-state index in [-0.39, 0.29) is 5.56 Å². The van der Waals surface area contributed by atoms with Gasteiger partial charge in [0, 0.05) is 5.56 Å². The minimum Gasteiger partial charge on any atom is -0.489 e. The fourth-order valence-corrected chi connectivity index (χ4v) is 2.30. The van der Waals surface area contributed by atoms with Crippen LogP contribution < -0.4 is 4.74 Å². The lowest BCUT2D eigenvalue weighted by Gasteiger charge is -2.19. The van der Waals surface area contributed by atoms with E-state index >= 15 is 0 Å². The molecule has 0 aromatic heterocycles. The molecule has 5 nitrogen and oxygen atoms in total. The Morgan fingerprint density at radius 2 is 1.90 bits per heavy atom. The molecule has 0 spiro atoms. The maximum absolute atomic E-state index is 11.1. The van der Waals surface area contributed by atoms with Gasteiger partial charge in [-0.15, -0.1) is 4.91 Å². The Morgan fingerprint density at radius 1 is 1.14 bits per heavy atom. The molecule has 104 valence electrons. The molecule has 0 bridgehead atoms. The fraction of sp³-hybridized carbons (Fsp3) is 0.0625. The van der Waals surface area contributed by atoms with Gasteiger partial charge in [0.15, 0.2) is 0 Å². The molecule has 0 saturated heterocycles.